The van der Waals surface area contributed by atoms with Crippen molar-refractivity contribution < 1.29 is 9.32 Å². The first kappa shape index (κ1) is 17.9. The Morgan fingerprint density at radius 1 is 1.04 bits per heavy atom. The van der Waals surface area contributed by atoms with E-state index in [1.165, 1.54) is 0 Å². The van der Waals surface area contributed by atoms with Crippen LogP contribution in [-0.4, -0.2) is 16.0 Å². The molecule has 5 heteroatoms. The first-order valence-corrected chi connectivity index (χ1v) is 8.61. The van der Waals surface area contributed by atoms with Crippen LogP contribution in [-0.2, 0) is 0 Å². The molecule has 1 amide bonds. The van der Waals surface area contributed by atoms with E-state index >= 15 is 0 Å². The summed E-state index contributed by atoms with van der Waals surface area (Å²) in [6.07, 6.45) is 0. The van der Waals surface area contributed by atoms with Crippen LogP contribution in [0.4, 0.5) is 0 Å². The van der Waals surface area contributed by atoms with E-state index in [-0.39, 0.29) is 11.3 Å². The predicted molar refractivity (Wildman–Crippen MR) is 101 cm³/mol. The van der Waals surface area contributed by atoms with E-state index < -0.39 is 6.04 Å². The van der Waals surface area contributed by atoms with E-state index in [1.54, 1.807) is 0 Å². The number of amides is 1. The maximum absolute atomic E-state index is 12.7. The van der Waals surface area contributed by atoms with Crippen LogP contribution in [0.1, 0.15) is 48.6 Å². The topological polar surface area (TPSA) is 68.0 Å². The molecular formula is C21H23N3O2. The smallest absolute Gasteiger partial charge is 0.251 e. The average Bonchev–Trinajstić information content (AvgIpc) is 3.09. The van der Waals surface area contributed by atoms with Gasteiger partial charge in [0.15, 0.2) is 0 Å². The summed E-state index contributed by atoms with van der Waals surface area (Å²) >= 11 is 0. The molecule has 1 aromatic heterocycles. The average molecular weight is 349 g/mol. The number of nitrogens with one attached hydrogen (secondary N) is 1. The largest absolute Gasteiger partial charge is 0.340 e. The summed E-state index contributed by atoms with van der Waals surface area (Å²) in [5, 5.41) is 7.11. The second kappa shape index (κ2) is 7.12. The second-order valence-corrected chi connectivity index (χ2v) is 7.46. The molecule has 5 nitrogen and oxygen atoms in total. The van der Waals surface area contributed by atoms with Gasteiger partial charge in [0.2, 0.25) is 11.7 Å². The molecule has 0 aliphatic rings. The van der Waals surface area contributed by atoms with Crippen LogP contribution in [0, 0.1) is 12.3 Å². The van der Waals surface area contributed by atoms with Crippen LogP contribution in [0.2, 0.25) is 0 Å². The van der Waals surface area contributed by atoms with Crippen molar-refractivity contribution in [3.63, 3.8) is 0 Å². The third-order valence-electron chi connectivity index (χ3n) is 4.18. The van der Waals surface area contributed by atoms with Crippen molar-refractivity contribution in [2.75, 3.05) is 0 Å². The van der Waals surface area contributed by atoms with Gasteiger partial charge in [-0.3, -0.25) is 4.79 Å². The second-order valence-electron chi connectivity index (χ2n) is 7.46. The zero-order valence-corrected chi connectivity index (χ0v) is 15.5. The Kier molecular flexibility index (Phi) is 4.89. The first-order chi connectivity index (χ1) is 12.3. The van der Waals surface area contributed by atoms with E-state index in [4.69, 9.17) is 4.52 Å². The zero-order valence-electron chi connectivity index (χ0n) is 15.5. The molecule has 0 aliphatic heterocycles. The lowest BCUT2D eigenvalue weighted by Gasteiger charge is -2.28. The van der Waals surface area contributed by atoms with Gasteiger partial charge in [-0.15, -0.1) is 0 Å². The summed E-state index contributed by atoms with van der Waals surface area (Å²) < 4.78 is 5.49. The molecule has 3 aromatic rings. The van der Waals surface area contributed by atoms with Gasteiger partial charge in [0, 0.05) is 11.1 Å². The molecule has 0 spiro atoms. The summed E-state index contributed by atoms with van der Waals surface area (Å²) in [6.45, 7) is 8.07. The van der Waals surface area contributed by atoms with E-state index in [0.29, 0.717) is 17.3 Å². The van der Waals surface area contributed by atoms with Crippen molar-refractivity contribution in [1.82, 2.24) is 15.5 Å². The number of aryl methyl sites for hydroxylation is 1. The van der Waals surface area contributed by atoms with Crippen molar-refractivity contribution in [3.8, 4) is 11.4 Å². The molecule has 0 saturated heterocycles. The molecule has 1 atom stereocenters. The van der Waals surface area contributed by atoms with Crippen LogP contribution < -0.4 is 5.32 Å². The zero-order chi connectivity index (χ0) is 18.7. The minimum atomic E-state index is -0.402. The summed E-state index contributed by atoms with van der Waals surface area (Å²) in [7, 11) is 0. The minimum absolute atomic E-state index is 0.163. The van der Waals surface area contributed by atoms with Gasteiger partial charge in [0.1, 0.15) is 6.04 Å². The Balaban J connectivity index is 1.86. The van der Waals surface area contributed by atoms with Crippen molar-refractivity contribution >= 4 is 5.91 Å². The number of benzene rings is 2. The van der Waals surface area contributed by atoms with Gasteiger partial charge in [-0.2, -0.15) is 4.98 Å². The third-order valence-corrected chi connectivity index (χ3v) is 4.18. The maximum Gasteiger partial charge on any atom is 0.251 e. The number of rotatable bonds is 4. The molecule has 2 aromatic carbocycles. The van der Waals surface area contributed by atoms with Crippen molar-refractivity contribution in [3.05, 3.63) is 71.6 Å². The molecule has 3 rings (SSSR count). The predicted octanol–water partition coefficient (Wildman–Crippen LogP) is 4.56. The molecule has 0 radical (unpaired) electrons. The highest BCUT2D eigenvalue weighted by atomic mass is 16.5. The molecule has 134 valence electrons. The van der Waals surface area contributed by atoms with Gasteiger partial charge in [-0.25, -0.2) is 0 Å². The van der Waals surface area contributed by atoms with Crippen LogP contribution in [0.5, 0.6) is 0 Å². The van der Waals surface area contributed by atoms with Crippen LogP contribution in [0.3, 0.4) is 0 Å². The molecule has 0 fully saturated rings. The van der Waals surface area contributed by atoms with Crippen molar-refractivity contribution in [1.29, 1.82) is 0 Å². The summed E-state index contributed by atoms with van der Waals surface area (Å²) in [4.78, 5) is 17.2. The SMILES string of the molecule is Cc1ccc(C(=O)N[C@@H](c2nc(-c3ccccc3)no2)C(C)(C)C)cc1. The Hall–Kier alpha value is -2.95. The normalized spacial score (nSPS) is 12.6. The summed E-state index contributed by atoms with van der Waals surface area (Å²) in [6, 6.07) is 16.7. The van der Waals surface area contributed by atoms with Gasteiger partial charge < -0.3 is 9.84 Å². The Morgan fingerprint density at radius 3 is 2.31 bits per heavy atom. The highest BCUT2D eigenvalue weighted by molar-refractivity contribution is 5.94. The lowest BCUT2D eigenvalue weighted by Crippen LogP contribution is -2.36. The molecule has 26 heavy (non-hydrogen) atoms. The van der Waals surface area contributed by atoms with Crippen LogP contribution in [0.15, 0.2) is 59.1 Å². The van der Waals surface area contributed by atoms with Gasteiger partial charge >= 0.3 is 0 Å². The fraction of sp³-hybridized carbons (Fsp3) is 0.286. The number of hydrogen-bond donors (Lipinski definition) is 1. The highest BCUT2D eigenvalue weighted by Gasteiger charge is 2.33. The monoisotopic (exact) mass is 349 g/mol. The van der Waals surface area contributed by atoms with E-state index in [2.05, 4.69) is 15.5 Å². The Morgan fingerprint density at radius 2 is 1.69 bits per heavy atom. The number of aromatic nitrogens is 2. The van der Waals surface area contributed by atoms with Gasteiger partial charge in [-0.05, 0) is 24.5 Å². The number of hydrogen-bond acceptors (Lipinski definition) is 4. The molecule has 1 N–H and O–H groups in total. The molecule has 0 aliphatic carbocycles. The summed E-state index contributed by atoms with van der Waals surface area (Å²) in [5.74, 6) is 0.751. The van der Waals surface area contributed by atoms with E-state index in [0.717, 1.165) is 11.1 Å². The Labute approximate surface area is 153 Å². The minimum Gasteiger partial charge on any atom is -0.340 e. The summed E-state index contributed by atoms with van der Waals surface area (Å²) in [5.41, 5.74) is 2.30. The molecule has 0 unspecified atom stereocenters. The first-order valence-electron chi connectivity index (χ1n) is 8.61. The van der Waals surface area contributed by atoms with Crippen LogP contribution in [0.25, 0.3) is 11.4 Å². The standard InChI is InChI=1S/C21H23N3O2/c1-14-10-12-16(13-11-14)19(25)22-17(21(2,3)4)20-23-18(24-26-20)15-8-6-5-7-9-15/h5-13,17H,1-4H3,(H,22,25)/t17-/m0/s1. The van der Waals surface area contributed by atoms with Crippen molar-refractivity contribution in [2.45, 2.75) is 33.7 Å². The Bertz CT molecular complexity index is 878. The number of carbonyl (C=O) groups excluding carboxylic acids is 1. The van der Waals surface area contributed by atoms with E-state index in [1.807, 2.05) is 82.3 Å². The van der Waals surface area contributed by atoms with Crippen LogP contribution >= 0.6 is 0 Å². The lowest BCUT2D eigenvalue weighted by molar-refractivity contribution is 0.0881. The van der Waals surface area contributed by atoms with Gasteiger partial charge in [-0.1, -0.05) is 74.0 Å². The number of nitrogens with zero attached hydrogens (tertiary/aromatic N) is 2. The van der Waals surface area contributed by atoms with Crippen molar-refractivity contribution in [2.24, 2.45) is 5.41 Å². The van der Waals surface area contributed by atoms with Gasteiger partial charge in [0.25, 0.3) is 5.91 Å². The third kappa shape index (κ3) is 3.99. The molecule has 0 bridgehead atoms. The molecular weight excluding hydrogens is 326 g/mol. The maximum atomic E-state index is 12.7. The van der Waals surface area contributed by atoms with E-state index in [9.17, 15) is 4.79 Å². The lowest BCUT2D eigenvalue weighted by atomic mass is 9.86. The molecule has 1 heterocycles. The number of carbonyl (C=O) groups is 1. The fourth-order valence-corrected chi connectivity index (χ4v) is 2.62. The molecule has 0 saturated carbocycles. The fourth-order valence-electron chi connectivity index (χ4n) is 2.62. The quantitative estimate of drug-likeness (QED) is 0.749. The highest BCUT2D eigenvalue weighted by Crippen LogP contribution is 2.33. The van der Waals surface area contributed by atoms with Gasteiger partial charge in [0.05, 0.1) is 0 Å².